The van der Waals surface area contributed by atoms with Crippen LogP contribution in [-0.4, -0.2) is 34.8 Å². The van der Waals surface area contributed by atoms with E-state index in [0.29, 0.717) is 23.7 Å². The highest BCUT2D eigenvalue weighted by atomic mass is 35.5. The Labute approximate surface area is 184 Å². The van der Waals surface area contributed by atoms with Crippen molar-refractivity contribution in [2.24, 2.45) is 5.92 Å². The molecule has 30 heavy (non-hydrogen) atoms. The van der Waals surface area contributed by atoms with Gasteiger partial charge in [-0.1, -0.05) is 23.7 Å². The molecule has 1 aromatic heterocycles. The van der Waals surface area contributed by atoms with Crippen LogP contribution in [0.15, 0.2) is 53.9 Å². The third kappa shape index (κ3) is 4.71. The van der Waals surface area contributed by atoms with Crippen molar-refractivity contribution in [3.8, 4) is 11.3 Å². The number of piperidine rings is 1. The van der Waals surface area contributed by atoms with E-state index in [-0.39, 0.29) is 17.7 Å². The number of likely N-dealkylation sites (tertiary alicyclic amines) is 1. The van der Waals surface area contributed by atoms with Crippen molar-refractivity contribution in [1.29, 1.82) is 0 Å². The van der Waals surface area contributed by atoms with Crippen LogP contribution in [0.3, 0.4) is 0 Å². The summed E-state index contributed by atoms with van der Waals surface area (Å²) in [5.41, 5.74) is 3.30. The lowest BCUT2D eigenvalue weighted by Gasteiger charge is -2.32. The number of halogens is 1. The van der Waals surface area contributed by atoms with Crippen molar-refractivity contribution in [2.45, 2.75) is 19.8 Å². The molecule has 1 atom stereocenters. The lowest BCUT2D eigenvalue weighted by molar-refractivity contribution is -0.121. The SMILES string of the molecule is Cc1nc(-c2ccc(NC(=O)C3CCCN(C(=O)c4ccc(Cl)cc4)C3)cc2)cs1. The van der Waals surface area contributed by atoms with Crippen molar-refractivity contribution in [3.63, 3.8) is 0 Å². The molecule has 0 radical (unpaired) electrons. The Hall–Kier alpha value is -2.70. The molecule has 1 saturated heterocycles. The third-order valence-corrected chi connectivity index (χ3v) is 6.26. The molecule has 0 spiro atoms. The summed E-state index contributed by atoms with van der Waals surface area (Å²) in [5, 5.41) is 6.64. The van der Waals surface area contributed by atoms with Gasteiger partial charge in [-0.15, -0.1) is 11.3 Å². The minimum absolute atomic E-state index is 0.0548. The third-order valence-electron chi connectivity index (χ3n) is 5.24. The molecule has 1 aliphatic heterocycles. The zero-order valence-corrected chi connectivity index (χ0v) is 18.2. The lowest BCUT2D eigenvalue weighted by atomic mass is 9.96. The van der Waals surface area contributed by atoms with E-state index in [1.54, 1.807) is 40.5 Å². The zero-order chi connectivity index (χ0) is 21.1. The Balaban J connectivity index is 1.38. The number of carbonyl (C=O) groups is 2. The molecule has 1 aliphatic rings. The molecule has 2 amide bonds. The summed E-state index contributed by atoms with van der Waals surface area (Å²) in [6.45, 7) is 3.06. The number of carbonyl (C=O) groups excluding carboxylic acids is 2. The number of nitrogens with zero attached hydrogens (tertiary/aromatic N) is 2. The highest BCUT2D eigenvalue weighted by molar-refractivity contribution is 7.09. The quantitative estimate of drug-likeness (QED) is 0.602. The van der Waals surface area contributed by atoms with E-state index in [0.717, 1.165) is 34.8 Å². The number of aromatic nitrogens is 1. The minimum atomic E-state index is -0.226. The van der Waals surface area contributed by atoms with Crippen LogP contribution < -0.4 is 5.32 Å². The number of hydrogen-bond acceptors (Lipinski definition) is 4. The van der Waals surface area contributed by atoms with Gasteiger partial charge in [-0.25, -0.2) is 4.98 Å². The maximum Gasteiger partial charge on any atom is 0.253 e. The Morgan fingerprint density at radius 3 is 2.53 bits per heavy atom. The van der Waals surface area contributed by atoms with E-state index >= 15 is 0 Å². The second-order valence-electron chi connectivity index (χ2n) is 7.42. The summed E-state index contributed by atoms with van der Waals surface area (Å²) in [5.74, 6) is -0.344. The van der Waals surface area contributed by atoms with Gasteiger partial charge in [-0.05, 0) is 56.2 Å². The number of anilines is 1. The number of rotatable bonds is 4. The summed E-state index contributed by atoms with van der Waals surface area (Å²) in [4.78, 5) is 31.8. The van der Waals surface area contributed by atoms with Gasteiger partial charge in [0.1, 0.15) is 0 Å². The van der Waals surface area contributed by atoms with E-state index in [2.05, 4.69) is 10.3 Å². The van der Waals surface area contributed by atoms with E-state index in [9.17, 15) is 9.59 Å². The highest BCUT2D eigenvalue weighted by Crippen LogP contribution is 2.25. The average molecular weight is 440 g/mol. The molecule has 3 aromatic rings. The number of amides is 2. The van der Waals surface area contributed by atoms with Crippen LogP contribution in [0, 0.1) is 12.8 Å². The molecule has 1 unspecified atom stereocenters. The fraction of sp³-hybridized carbons (Fsp3) is 0.261. The molecule has 2 heterocycles. The first-order valence-corrected chi connectivity index (χ1v) is 11.1. The first kappa shape index (κ1) is 20.6. The molecule has 7 heteroatoms. The Morgan fingerprint density at radius 2 is 1.87 bits per heavy atom. The van der Waals surface area contributed by atoms with Crippen LogP contribution in [0.25, 0.3) is 11.3 Å². The standard InChI is InChI=1S/C23H22ClN3O2S/c1-15-25-21(14-30-15)16-6-10-20(11-7-16)26-22(28)18-3-2-12-27(13-18)23(29)17-4-8-19(24)9-5-17/h4-11,14,18H,2-3,12-13H2,1H3,(H,26,28). The van der Waals surface area contributed by atoms with Gasteiger partial charge < -0.3 is 10.2 Å². The van der Waals surface area contributed by atoms with Gasteiger partial charge in [0.2, 0.25) is 5.91 Å². The van der Waals surface area contributed by atoms with Gasteiger partial charge in [0.15, 0.2) is 0 Å². The Bertz CT molecular complexity index is 1050. The van der Waals surface area contributed by atoms with Crippen LogP contribution in [0.1, 0.15) is 28.2 Å². The minimum Gasteiger partial charge on any atom is -0.338 e. The van der Waals surface area contributed by atoms with Gasteiger partial charge in [0.25, 0.3) is 5.91 Å². The van der Waals surface area contributed by atoms with E-state index in [1.165, 1.54) is 0 Å². The van der Waals surface area contributed by atoms with Crippen molar-refractivity contribution in [1.82, 2.24) is 9.88 Å². The molecule has 1 N–H and O–H groups in total. The fourth-order valence-electron chi connectivity index (χ4n) is 3.62. The second-order valence-corrected chi connectivity index (χ2v) is 8.91. The number of aryl methyl sites for hydroxylation is 1. The van der Waals surface area contributed by atoms with Gasteiger partial charge >= 0.3 is 0 Å². The van der Waals surface area contributed by atoms with Gasteiger partial charge in [0.05, 0.1) is 16.6 Å². The average Bonchev–Trinajstić information content (AvgIpc) is 3.20. The summed E-state index contributed by atoms with van der Waals surface area (Å²) in [6.07, 6.45) is 1.58. The second kappa shape index (κ2) is 8.98. The van der Waals surface area contributed by atoms with Crippen LogP contribution in [0.4, 0.5) is 5.69 Å². The van der Waals surface area contributed by atoms with E-state index in [1.807, 2.05) is 36.6 Å². The molecular weight excluding hydrogens is 418 g/mol. The number of benzene rings is 2. The topological polar surface area (TPSA) is 62.3 Å². The first-order chi connectivity index (χ1) is 14.5. The van der Waals surface area contributed by atoms with Crippen LogP contribution in [0.5, 0.6) is 0 Å². The number of nitrogens with one attached hydrogen (secondary N) is 1. The Kier molecular flexibility index (Phi) is 6.16. The van der Waals surface area contributed by atoms with Crippen LogP contribution in [-0.2, 0) is 4.79 Å². The van der Waals surface area contributed by atoms with Crippen molar-refractivity contribution >= 4 is 40.4 Å². The van der Waals surface area contributed by atoms with Gasteiger partial charge in [-0.3, -0.25) is 9.59 Å². The lowest BCUT2D eigenvalue weighted by Crippen LogP contribution is -2.43. The predicted octanol–water partition coefficient (Wildman–Crippen LogP) is 5.26. The molecule has 2 aromatic carbocycles. The Morgan fingerprint density at radius 1 is 1.13 bits per heavy atom. The van der Waals surface area contributed by atoms with E-state index < -0.39 is 0 Å². The maximum absolute atomic E-state index is 12.8. The van der Waals surface area contributed by atoms with Gasteiger partial charge in [-0.2, -0.15) is 0 Å². The molecule has 1 fully saturated rings. The number of hydrogen-bond donors (Lipinski definition) is 1. The molecule has 0 aliphatic carbocycles. The monoisotopic (exact) mass is 439 g/mol. The highest BCUT2D eigenvalue weighted by Gasteiger charge is 2.29. The summed E-state index contributed by atoms with van der Waals surface area (Å²) in [7, 11) is 0. The van der Waals surface area contributed by atoms with Crippen molar-refractivity contribution in [2.75, 3.05) is 18.4 Å². The summed E-state index contributed by atoms with van der Waals surface area (Å²) < 4.78 is 0. The molecular formula is C23H22ClN3O2S. The summed E-state index contributed by atoms with van der Waals surface area (Å²) in [6, 6.07) is 14.6. The van der Waals surface area contributed by atoms with Crippen LogP contribution >= 0.6 is 22.9 Å². The maximum atomic E-state index is 12.8. The van der Waals surface area contributed by atoms with Crippen LogP contribution in [0.2, 0.25) is 5.02 Å². The largest absolute Gasteiger partial charge is 0.338 e. The first-order valence-electron chi connectivity index (χ1n) is 9.88. The van der Waals surface area contributed by atoms with Crippen molar-refractivity contribution in [3.05, 3.63) is 69.5 Å². The van der Waals surface area contributed by atoms with E-state index in [4.69, 9.17) is 11.6 Å². The molecule has 154 valence electrons. The smallest absolute Gasteiger partial charge is 0.253 e. The molecule has 0 saturated carbocycles. The fourth-order valence-corrected chi connectivity index (χ4v) is 4.36. The molecule has 5 nitrogen and oxygen atoms in total. The zero-order valence-electron chi connectivity index (χ0n) is 16.6. The van der Waals surface area contributed by atoms with Crippen molar-refractivity contribution < 1.29 is 9.59 Å². The summed E-state index contributed by atoms with van der Waals surface area (Å²) >= 11 is 7.52. The molecule has 4 rings (SSSR count). The predicted molar refractivity (Wildman–Crippen MR) is 121 cm³/mol. The molecule has 0 bridgehead atoms. The van der Waals surface area contributed by atoms with Gasteiger partial charge in [0, 0.05) is 40.3 Å². The number of thiazole rings is 1. The normalized spacial score (nSPS) is 16.3.